The van der Waals surface area contributed by atoms with Crippen molar-refractivity contribution in [3.8, 4) is 0 Å². The van der Waals surface area contributed by atoms with Gasteiger partial charge in [-0.05, 0) is 24.5 Å². The zero-order valence-corrected chi connectivity index (χ0v) is 15.8. The lowest BCUT2D eigenvalue weighted by molar-refractivity contribution is 0.615. The molecule has 0 unspecified atom stereocenters. The van der Waals surface area contributed by atoms with Crippen molar-refractivity contribution < 1.29 is 0 Å². The summed E-state index contributed by atoms with van der Waals surface area (Å²) in [6.45, 7) is 3.07. The molecule has 0 spiro atoms. The molecule has 1 aromatic carbocycles. The molecule has 0 aliphatic rings. The number of nitrogens with zero attached hydrogens (tertiary/aromatic N) is 5. The van der Waals surface area contributed by atoms with Gasteiger partial charge in [-0.15, -0.1) is 10.2 Å². The van der Waals surface area contributed by atoms with Crippen molar-refractivity contribution in [3.05, 3.63) is 60.2 Å². The molecule has 0 amide bonds. The minimum atomic E-state index is 0.721. The first kappa shape index (κ1) is 17.9. The van der Waals surface area contributed by atoms with Gasteiger partial charge in [0.2, 0.25) is 0 Å². The molecule has 5 nitrogen and oxygen atoms in total. The molecule has 3 rings (SSSR count). The summed E-state index contributed by atoms with van der Waals surface area (Å²) >= 11 is 3.37. The Balaban J connectivity index is 1.71. The van der Waals surface area contributed by atoms with Crippen LogP contribution in [0.2, 0.25) is 0 Å². The fraction of sp³-hybridized carbons (Fsp3) is 0.333. The Bertz CT molecular complexity index is 762. The van der Waals surface area contributed by atoms with Crippen LogP contribution in [0, 0.1) is 0 Å². The second-order valence-electron chi connectivity index (χ2n) is 5.45. The van der Waals surface area contributed by atoms with Gasteiger partial charge in [0.25, 0.3) is 0 Å². The first-order valence-corrected chi connectivity index (χ1v) is 10.3. The maximum atomic E-state index is 4.41. The molecular formula is C18H21N5S2. The lowest BCUT2D eigenvalue weighted by atomic mass is 10.1. The molecule has 25 heavy (non-hydrogen) atoms. The number of hydrogen-bond donors (Lipinski definition) is 0. The number of aromatic nitrogens is 5. The SMILES string of the molecule is CCCSc1nnc(CSc2ncccn2)n1CCc1ccccc1. The van der Waals surface area contributed by atoms with Crippen LogP contribution in [0.5, 0.6) is 0 Å². The Morgan fingerprint density at radius 1 is 0.960 bits per heavy atom. The van der Waals surface area contributed by atoms with Crippen LogP contribution >= 0.6 is 23.5 Å². The van der Waals surface area contributed by atoms with Crippen molar-refractivity contribution in [2.45, 2.75) is 42.4 Å². The highest BCUT2D eigenvalue weighted by atomic mass is 32.2. The zero-order valence-electron chi connectivity index (χ0n) is 14.2. The summed E-state index contributed by atoms with van der Waals surface area (Å²) in [6.07, 6.45) is 5.62. The largest absolute Gasteiger partial charge is 0.305 e. The molecule has 2 aromatic heterocycles. The van der Waals surface area contributed by atoms with Crippen molar-refractivity contribution in [1.82, 2.24) is 24.7 Å². The van der Waals surface area contributed by atoms with Gasteiger partial charge in [0, 0.05) is 24.7 Å². The van der Waals surface area contributed by atoms with E-state index in [1.165, 1.54) is 5.56 Å². The van der Waals surface area contributed by atoms with E-state index in [1.807, 2.05) is 12.1 Å². The molecule has 0 saturated heterocycles. The Morgan fingerprint density at radius 3 is 2.52 bits per heavy atom. The van der Waals surface area contributed by atoms with E-state index < -0.39 is 0 Å². The van der Waals surface area contributed by atoms with Crippen LogP contribution in [-0.2, 0) is 18.7 Å². The molecule has 7 heteroatoms. The van der Waals surface area contributed by atoms with Crippen molar-refractivity contribution in [3.63, 3.8) is 0 Å². The maximum absolute atomic E-state index is 4.41. The van der Waals surface area contributed by atoms with E-state index in [2.05, 4.69) is 55.9 Å². The highest BCUT2D eigenvalue weighted by Crippen LogP contribution is 2.23. The van der Waals surface area contributed by atoms with Crippen molar-refractivity contribution in [2.24, 2.45) is 0 Å². The van der Waals surface area contributed by atoms with Gasteiger partial charge in [-0.1, -0.05) is 60.8 Å². The van der Waals surface area contributed by atoms with E-state index in [0.717, 1.165) is 47.0 Å². The quantitative estimate of drug-likeness (QED) is 0.417. The van der Waals surface area contributed by atoms with Crippen molar-refractivity contribution in [1.29, 1.82) is 0 Å². The molecule has 3 aromatic rings. The molecular weight excluding hydrogens is 350 g/mol. The third-order valence-corrected chi connectivity index (χ3v) is 5.61. The summed E-state index contributed by atoms with van der Waals surface area (Å²) in [7, 11) is 0. The van der Waals surface area contributed by atoms with Crippen LogP contribution in [0.1, 0.15) is 24.7 Å². The van der Waals surface area contributed by atoms with Gasteiger partial charge in [-0.2, -0.15) is 0 Å². The third-order valence-electron chi connectivity index (χ3n) is 3.57. The number of hydrogen-bond acceptors (Lipinski definition) is 6. The topological polar surface area (TPSA) is 56.5 Å². The molecule has 0 radical (unpaired) electrons. The highest BCUT2D eigenvalue weighted by Gasteiger charge is 2.13. The van der Waals surface area contributed by atoms with Gasteiger partial charge in [0.05, 0.1) is 5.75 Å². The second kappa shape index (κ2) is 9.58. The van der Waals surface area contributed by atoms with Gasteiger partial charge in [-0.25, -0.2) is 9.97 Å². The predicted octanol–water partition coefficient (Wildman–Crippen LogP) is 4.11. The Labute approximate surface area is 156 Å². The monoisotopic (exact) mass is 371 g/mol. The Kier molecular flexibility index (Phi) is 6.88. The lowest BCUT2D eigenvalue weighted by Gasteiger charge is -2.10. The summed E-state index contributed by atoms with van der Waals surface area (Å²) in [5.41, 5.74) is 1.33. The average molecular weight is 372 g/mol. The molecule has 0 aliphatic carbocycles. The first-order chi connectivity index (χ1) is 12.4. The molecule has 0 aliphatic heterocycles. The summed E-state index contributed by atoms with van der Waals surface area (Å²) in [4.78, 5) is 8.53. The number of benzene rings is 1. The van der Waals surface area contributed by atoms with Crippen molar-refractivity contribution in [2.75, 3.05) is 5.75 Å². The van der Waals surface area contributed by atoms with Crippen LogP contribution in [-0.4, -0.2) is 30.5 Å². The van der Waals surface area contributed by atoms with Gasteiger partial charge >= 0.3 is 0 Å². The Morgan fingerprint density at radius 2 is 1.76 bits per heavy atom. The normalized spacial score (nSPS) is 10.9. The van der Waals surface area contributed by atoms with E-state index in [4.69, 9.17) is 0 Å². The minimum Gasteiger partial charge on any atom is -0.305 e. The first-order valence-electron chi connectivity index (χ1n) is 8.35. The molecule has 0 atom stereocenters. The third kappa shape index (κ3) is 5.31. The smallest absolute Gasteiger partial charge is 0.191 e. The summed E-state index contributed by atoms with van der Waals surface area (Å²) in [6, 6.07) is 12.4. The summed E-state index contributed by atoms with van der Waals surface area (Å²) < 4.78 is 2.24. The lowest BCUT2D eigenvalue weighted by Crippen LogP contribution is -2.07. The van der Waals surface area contributed by atoms with E-state index in [1.54, 1.807) is 35.9 Å². The van der Waals surface area contributed by atoms with Crippen molar-refractivity contribution >= 4 is 23.5 Å². The molecule has 0 bridgehead atoms. The zero-order chi connectivity index (χ0) is 17.3. The fourth-order valence-electron chi connectivity index (χ4n) is 2.33. The van der Waals surface area contributed by atoms with Gasteiger partial charge in [0.1, 0.15) is 5.82 Å². The van der Waals surface area contributed by atoms with E-state index in [0.29, 0.717) is 0 Å². The van der Waals surface area contributed by atoms with E-state index in [-0.39, 0.29) is 0 Å². The van der Waals surface area contributed by atoms with Crippen LogP contribution in [0.3, 0.4) is 0 Å². The molecule has 2 heterocycles. The van der Waals surface area contributed by atoms with Crippen LogP contribution < -0.4 is 0 Å². The van der Waals surface area contributed by atoms with E-state index in [9.17, 15) is 0 Å². The average Bonchev–Trinajstić information content (AvgIpc) is 3.06. The Hall–Kier alpha value is -1.86. The number of thioether (sulfide) groups is 2. The van der Waals surface area contributed by atoms with Crippen LogP contribution in [0.4, 0.5) is 0 Å². The molecule has 0 N–H and O–H groups in total. The van der Waals surface area contributed by atoms with Gasteiger partial charge in [-0.3, -0.25) is 0 Å². The summed E-state index contributed by atoms with van der Waals surface area (Å²) in [5, 5.41) is 10.6. The molecule has 0 saturated carbocycles. The fourth-order valence-corrected chi connectivity index (χ4v) is 3.91. The van der Waals surface area contributed by atoms with Crippen LogP contribution in [0.25, 0.3) is 0 Å². The van der Waals surface area contributed by atoms with E-state index >= 15 is 0 Å². The predicted molar refractivity (Wildman–Crippen MR) is 103 cm³/mol. The minimum absolute atomic E-state index is 0.721. The second-order valence-corrected chi connectivity index (χ2v) is 7.46. The standard InChI is InChI=1S/C18H21N5S2/c1-2-13-24-18-22-21-16(14-25-17-19-10-6-11-20-17)23(18)12-9-15-7-4-3-5-8-15/h3-8,10-11H,2,9,12-14H2,1H3. The maximum Gasteiger partial charge on any atom is 0.191 e. The number of aryl methyl sites for hydroxylation is 1. The highest BCUT2D eigenvalue weighted by molar-refractivity contribution is 7.99. The van der Waals surface area contributed by atoms with Crippen LogP contribution in [0.15, 0.2) is 59.1 Å². The van der Waals surface area contributed by atoms with Gasteiger partial charge in [0.15, 0.2) is 10.3 Å². The number of rotatable bonds is 9. The molecule has 0 fully saturated rings. The summed E-state index contributed by atoms with van der Waals surface area (Å²) in [5.74, 6) is 2.75. The van der Waals surface area contributed by atoms with Gasteiger partial charge < -0.3 is 4.57 Å². The molecule has 130 valence electrons.